The van der Waals surface area contributed by atoms with Crippen molar-refractivity contribution in [2.45, 2.75) is 31.8 Å². The number of H-pyrrole nitrogens is 1. The van der Waals surface area contributed by atoms with Gasteiger partial charge in [-0.1, -0.05) is 11.2 Å². The van der Waals surface area contributed by atoms with Gasteiger partial charge in [-0.15, -0.1) is 0 Å². The monoisotopic (exact) mass is 591 g/mol. The molecule has 1 aromatic heterocycles. The molecule has 0 saturated carbocycles. The molecule has 1 aliphatic heterocycles. The number of aryl methyl sites for hydroxylation is 1. The highest BCUT2D eigenvalue weighted by Crippen LogP contribution is 2.66. The Bertz CT molecular complexity index is 1340. The first kappa shape index (κ1) is 30.8. The highest BCUT2D eigenvalue weighted by atomic mass is 31.3. The Kier molecular flexibility index (Phi) is 10.3. The molecule has 5 atom stereocenters. The molecule has 3 unspecified atom stereocenters. The number of phosphoric acid groups is 3. The lowest BCUT2D eigenvalue weighted by atomic mass is 10.2. The first-order valence-electron chi connectivity index (χ1n) is 9.66. The third-order valence-electron chi connectivity index (χ3n) is 4.23. The number of ether oxygens (including phenoxy) is 2. The number of esters is 1. The van der Waals surface area contributed by atoms with E-state index in [1.165, 1.54) is 6.92 Å². The zero-order chi connectivity index (χ0) is 28.0. The second-order valence-electron chi connectivity index (χ2n) is 7.02. The van der Waals surface area contributed by atoms with Crippen molar-refractivity contribution in [3.8, 4) is 0 Å². The fraction of sp³-hybridized carbons (Fsp3) is 0.500. The number of aromatic nitrogens is 2. The average molecular weight is 591 g/mol. The van der Waals surface area contributed by atoms with Gasteiger partial charge in [0.2, 0.25) is 0 Å². The molecule has 0 spiro atoms. The SMILES string of the molecule is Cc1cn([C@H]2CC(OC(=O)/C=C/CN=[N+]=[N-])[C@@H](COP(=O)(O)OP(=O)(O)OP(=O)(O)O)O2)c(=O)[nH]c1=O. The Balaban J connectivity index is 2.21. The van der Waals surface area contributed by atoms with Gasteiger partial charge in [-0.3, -0.25) is 18.9 Å². The lowest BCUT2D eigenvalue weighted by Crippen LogP contribution is -2.33. The normalized spacial score (nSPS) is 23.2. The van der Waals surface area contributed by atoms with Crippen molar-refractivity contribution in [1.29, 1.82) is 0 Å². The van der Waals surface area contributed by atoms with E-state index in [-0.39, 0.29) is 18.5 Å². The molecule has 0 radical (unpaired) electrons. The van der Waals surface area contributed by atoms with Gasteiger partial charge >= 0.3 is 35.1 Å². The molecular weight excluding hydrogens is 571 g/mol. The van der Waals surface area contributed by atoms with Gasteiger partial charge in [-0.25, -0.2) is 23.3 Å². The fourth-order valence-corrected chi connectivity index (χ4v) is 5.87. The summed E-state index contributed by atoms with van der Waals surface area (Å²) in [6.07, 6.45) is -0.913. The lowest BCUT2D eigenvalue weighted by Gasteiger charge is -2.21. The van der Waals surface area contributed by atoms with Gasteiger partial charge in [0, 0.05) is 35.7 Å². The average Bonchev–Trinajstić information content (AvgIpc) is 3.12. The van der Waals surface area contributed by atoms with Crippen molar-refractivity contribution in [2.75, 3.05) is 13.2 Å². The van der Waals surface area contributed by atoms with E-state index in [1.807, 2.05) is 4.98 Å². The molecular formula is C14H20N5O15P3. The standard InChI is InChI=1S/C14H20N5O15P3/c1-8-6-19(14(22)17-13(8)21)11-5-9(32-12(20)3-2-4-16-18-15)10(31-11)7-30-36(26,27)34-37(28,29)33-35(23,24)25/h2-3,6,9-11H,4-5,7H2,1H3,(H,26,27)(H,28,29)(H,17,21,22)(H2,23,24,25)/b3-2+/t9?,10-,11-/m1/s1. The minimum absolute atomic E-state index is 0.120. The van der Waals surface area contributed by atoms with E-state index < -0.39 is 65.7 Å². The molecule has 23 heteroatoms. The molecule has 2 rings (SSSR count). The number of azide groups is 1. The van der Waals surface area contributed by atoms with E-state index in [0.717, 1.165) is 22.9 Å². The quantitative estimate of drug-likeness (QED) is 0.0543. The maximum Gasteiger partial charge on any atom is 0.490 e. The minimum atomic E-state index is -5.78. The van der Waals surface area contributed by atoms with Crippen LogP contribution in [0.3, 0.4) is 0 Å². The summed E-state index contributed by atoms with van der Waals surface area (Å²) >= 11 is 0. The lowest BCUT2D eigenvalue weighted by molar-refractivity contribution is -0.146. The molecule has 5 N–H and O–H groups in total. The maximum absolute atomic E-state index is 12.2. The first-order chi connectivity index (χ1) is 17.0. The van der Waals surface area contributed by atoms with Crippen molar-refractivity contribution >= 4 is 29.4 Å². The van der Waals surface area contributed by atoms with Gasteiger partial charge in [-0.05, 0) is 12.5 Å². The zero-order valence-corrected chi connectivity index (χ0v) is 21.2. The summed E-state index contributed by atoms with van der Waals surface area (Å²) in [4.78, 5) is 76.5. The number of hydrogen-bond donors (Lipinski definition) is 5. The molecule has 20 nitrogen and oxygen atoms in total. The highest BCUT2D eigenvalue weighted by Gasteiger charge is 2.44. The largest absolute Gasteiger partial charge is 0.490 e. The Morgan fingerprint density at radius 1 is 1.27 bits per heavy atom. The molecule has 2 heterocycles. The van der Waals surface area contributed by atoms with Crippen molar-refractivity contribution in [1.82, 2.24) is 9.55 Å². The van der Waals surface area contributed by atoms with Crippen LogP contribution in [0.1, 0.15) is 18.2 Å². The Hall–Kier alpha value is -2.43. The van der Waals surface area contributed by atoms with Gasteiger partial charge in [0.15, 0.2) is 0 Å². The second-order valence-corrected chi connectivity index (χ2v) is 11.4. The van der Waals surface area contributed by atoms with E-state index >= 15 is 0 Å². The van der Waals surface area contributed by atoms with E-state index in [1.54, 1.807) is 0 Å². The maximum atomic E-state index is 12.2. The number of phosphoric ester groups is 1. The van der Waals surface area contributed by atoms with Crippen LogP contribution in [0.5, 0.6) is 0 Å². The predicted molar refractivity (Wildman–Crippen MR) is 117 cm³/mol. The van der Waals surface area contributed by atoms with Crippen molar-refractivity contribution in [3.63, 3.8) is 0 Å². The highest BCUT2D eigenvalue weighted by molar-refractivity contribution is 7.66. The molecule has 0 aromatic carbocycles. The van der Waals surface area contributed by atoms with Crippen LogP contribution < -0.4 is 11.2 Å². The number of nitrogens with one attached hydrogen (secondary N) is 1. The predicted octanol–water partition coefficient (Wildman–Crippen LogP) is 0.254. The third-order valence-corrected chi connectivity index (χ3v) is 8.03. The number of rotatable bonds is 12. The van der Waals surface area contributed by atoms with E-state index in [2.05, 4.69) is 23.2 Å². The minimum Gasteiger partial charge on any atom is -0.456 e. The molecule has 37 heavy (non-hydrogen) atoms. The van der Waals surface area contributed by atoms with Crippen LogP contribution in [-0.2, 0) is 41.1 Å². The number of aromatic amines is 1. The number of carbonyl (C=O) groups excluding carboxylic acids is 1. The summed E-state index contributed by atoms with van der Waals surface area (Å²) in [5, 5.41) is 3.17. The van der Waals surface area contributed by atoms with Crippen LogP contribution in [0.2, 0.25) is 0 Å². The van der Waals surface area contributed by atoms with Crippen LogP contribution in [0.4, 0.5) is 0 Å². The van der Waals surface area contributed by atoms with Gasteiger partial charge in [0.1, 0.15) is 18.4 Å². The summed E-state index contributed by atoms with van der Waals surface area (Å²) in [6, 6.07) is 0. The van der Waals surface area contributed by atoms with Crippen molar-refractivity contribution in [3.05, 3.63) is 55.2 Å². The fourth-order valence-electron chi connectivity index (χ4n) is 2.84. The molecule has 1 aromatic rings. The van der Waals surface area contributed by atoms with Crippen LogP contribution in [0, 0.1) is 6.92 Å². The summed E-state index contributed by atoms with van der Waals surface area (Å²) in [7, 11) is -16.9. The third kappa shape index (κ3) is 10.1. The van der Waals surface area contributed by atoms with Crippen molar-refractivity contribution < 1.29 is 60.7 Å². The molecule has 0 bridgehead atoms. The van der Waals surface area contributed by atoms with Crippen LogP contribution in [0.25, 0.3) is 10.4 Å². The van der Waals surface area contributed by atoms with Crippen LogP contribution >= 0.6 is 23.5 Å². The Morgan fingerprint density at radius 3 is 2.57 bits per heavy atom. The summed E-state index contributed by atoms with van der Waals surface area (Å²) < 4.78 is 57.7. The van der Waals surface area contributed by atoms with Crippen LogP contribution in [0.15, 0.2) is 33.1 Å². The second kappa shape index (κ2) is 12.4. The van der Waals surface area contributed by atoms with Crippen molar-refractivity contribution in [2.24, 2.45) is 5.11 Å². The molecule has 1 aliphatic rings. The Morgan fingerprint density at radius 2 is 1.95 bits per heavy atom. The number of nitrogens with zero attached hydrogens (tertiary/aromatic N) is 4. The first-order valence-corrected chi connectivity index (χ1v) is 14.2. The number of hydrogen-bond acceptors (Lipinski definition) is 12. The smallest absolute Gasteiger partial charge is 0.456 e. The van der Waals surface area contributed by atoms with E-state index in [0.29, 0.717) is 0 Å². The van der Waals surface area contributed by atoms with Crippen LogP contribution in [-0.4, -0.2) is 60.5 Å². The van der Waals surface area contributed by atoms with E-state index in [4.69, 9.17) is 24.8 Å². The summed E-state index contributed by atoms with van der Waals surface area (Å²) in [5.74, 6) is -0.976. The summed E-state index contributed by atoms with van der Waals surface area (Å²) in [6.45, 7) is 0.233. The Labute approximate surface area is 205 Å². The zero-order valence-electron chi connectivity index (χ0n) is 18.5. The van der Waals surface area contributed by atoms with E-state index in [9.17, 15) is 37.9 Å². The molecule has 206 valence electrons. The summed E-state index contributed by atoms with van der Waals surface area (Å²) in [5.41, 5.74) is 6.79. The number of carbonyl (C=O) groups is 1. The molecule has 1 fully saturated rings. The molecule has 0 amide bonds. The van der Waals surface area contributed by atoms with Gasteiger partial charge in [0.25, 0.3) is 5.56 Å². The van der Waals surface area contributed by atoms with Gasteiger partial charge in [0.05, 0.1) is 6.61 Å². The molecule has 0 aliphatic carbocycles. The van der Waals surface area contributed by atoms with Gasteiger partial charge < -0.3 is 29.0 Å². The topological polar surface area (TPSA) is 299 Å². The molecule has 1 saturated heterocycles. The van der Waals surface area contributed by atoms with Gasteiger partial charge in [-0.2, -0.15) is 8.62 Å².